The van der Waals surface area contributed by atoms with Gasteiger partial charge in [-0.05, 0) is 29.7 Å². The van der Waals surface area contributed by atoms with Crippen LogP contribution in [0.1, 0.15) is 0 Å². The molecule has 1 amide bonds. The fraction of sp³-hybridized carbons (Fsp3) is 0.0833. The highest BCUT2D eigenvalue weighted by Crippen LogP contribution is 2.26. The van der Waals surface area contributed by atoms with E-state index < -0.39 is 0 Å². The summed E-state index contributed by atoms with van der Waals surface area (Å²) in [6, 6.07) is 10.5. The lowest BCUT2D eigenvalue weighted by Crippen LogP contribution is -2.12. The van der Waals surface area contributed by atoms with E-state index in [0.717, 1.165) is 10.8 Å². The molecule has 0 aliphatic rings. The zero-order valence-electron chi connectivity index (χ0n) is 8.40. The number of phenolic OH excluding ortho intramolecular Hbond substituents is 1. The molecule has 0 saturated carbocycles. The van der Waals surface area contributed by atoms with Gasteiger partial charge in [-0.2, -0.15) is 0 Å². The molecular formula is C12H10ClNO2. The number of halogens is 1. The second kappa shape index (κ2) is 4.41. The van der Waals surface area contributed by atoms with Gasteiger partial charge >= 0.3 is 0 Å². The maximum atomic E-state index is 11.2. The molecule has 0 radical (unpaired) electrons. The van der Waals surface area contributed by atoms with Gasteiger partial charge in [-0.15, -0.1) is 11.6 Å². The molecule has 2 aromatic carbocycles. The molecule has 0 unspecified atom stereocenters. The van der Waals surface area contributed by atoms with Crippen LogP contribution >= 0.6 is 11.6 Å². The van der Waals surface area contributed by atoms with Gasteiger partial charge in [-0.1, -0.05) is 12.1 Å². The van der Waals surface area contributed by atoms with Crippen molar-refractivity contribution in [2.75, 3.05) is 11.2 Å². The summed E-state index contributed by atoms with van der Waals surface area (Å²) in [5.41, 5.74) is 0.697. The summed E-state index contributed by atoms with van der Waals surface area (Å²) >= 11 is 5.43. The van der Waals surface area contributed by atoms with E-state index in [1.54, 1.807) is 24.3 Å². The molecule has 0 aliphatic carbocycles. The first-order chi connectivity index (χ1) is 7.70. The average Bonchev–Trinajstić information content (AvgIpc) is 2.28. The van der Waals surface area contributed by atoms with Crippen LogP contribution in [-0.2, 0) is 4.79 Å². The Morgan fingerprint density at radius 3 is 2.88 bits per heavy atom. The first-order valence-corrected chi connectivity index (χ1v) is 5.32. The molecule has 4 heteroatoms. The highest BCUT2D eigenvalue weighted by molar-refractivity contribution is 6.29. The Kier molecular flexibility index (Phi) is 2.97. The van der Waals surface area contributed by atoms with Crippen molar-refractivity contribution >= 4 is 34.0 Å². The summed E-state index contributed by atoms with van der Waals surface area (Å²) < 4.78 is 0. The molecule has 0 bridgehead atoms. The highest BCUT2D eigenvalue weighted by Gasteiger charge is 2.04. The molecule has 0 aliphatic heterocycles. The molecule has 2 N–H and O–H groups in total. The lowest BCUT2D eigenvalue weighted by Gasteiger charge is -2.07. The van der Waals surface area contributed by atoms with Crippen LogP contribution in [0.25, 0.3) is 10.8 Å². The van der Waals surface area contributed by atoms with Crippen LogP contribution in [0.3, 0.4) is 0 Å². The number of aromatic hydroxyl groups is 1. The van der Waals surface area contributed by atoms with E-state index in [9.17, 15) is 9.90 Å². The number of carbonyl (C=O) groups excluding carboxylic acids is 1. The van der Waals surface area contributed by atoms with Gasteiger partial charge in [-0.3, -0.25) is 4.79 Å². The number of hydrogen-bond donors (Lipinski definition) is 2. The van der Waals surface area contributed by atoms with Gasteiger partial charge in [0.15, 0.2) is 0 Å². The van der Waals surface area contributed by atoms with E-state index in [1.165, 1.54) is 0 Å². The number of rotatable bonds is 2. The highest BCUT2D eigenvalue weighted by atomic mass is 35.5. The number of nitrogens with one attached hydrogen (secondary N) is 1. The lowest BCUT2D eigenvalue weighted by atomic mass is 10.1. The van der Waals surface area contributed by atoms with Crippen LogP contribution in [0.4, 0.5) is 5.69 Å². The van der Waals surface area contributed by atoms with Crippen LogP contribution in [0.15, 0.2) is 36.4 Å². The summed E-state index contributed by atoms with van der Waals surface area (Å²) in [6.07, 6.45) is 0. The van der Waals surface area contributed by atoms with Crippen molar-refractivity contribution in [3.63, 3.8) is 0 Å². The van der Waals surface area contributed by atoms with Crippen molar-refractivity contribution in [1.29, 1.82) is 0 Å². The van der Waals surface area contributed by atoms with Gasteiger partial charge in [0.1, 0.15) is 11.6 Å². The number of fused-ring (bicyclic) bond motifs is 1. The Bertz CT molecular complexity index is 540. The maximum Gasteiger partial charge on any atom is 0.239 e. The topological polar surface area (TPSA) is 49.3 Å². The summed E-state index contributed by atoms with van der Waals surface area (Å²) in [7, 11) is 0. The molecule has 2 rings (SSSR count). The number of carbonyl (C=O) groups is 1. The number of benzene rings is 2. The third-order valence-corrected chi connectivity index (χ3v) is 2.50. The number of phenols is 1. The van der Waals surface area contributed by atoms with Gasteiger partial charge in [0.2, 0.25) is 5.91 Å². The summed E-state index contributed by atoms with van der Waals surface area (Å²) in [6.45, 7) is 0. The normalized spacial score (nSPS) is 10.3. The van der Waals surface area contributed by atoms with Gasteiger partial charge in [-0.25, -0.2) is 0 Å². The van der Waals surface area contributed by atoms with Gasteiger partial charge in [0, 0.05) is 11.1 Å². The van der Waals surface area contributed by atoms with Gasteiger partial charge in [0.25, 0.3) is 0 Å². The summed E-state index contributed by atoms with van der Waals surface area (Å²) in [4.78, 5) is 11.2. The van der Waals surface area contributed by atoms with E-state index in [-0.39, 0.29) is 17.5 Å². The molecule has 0 spiro atoms. The number of alkyl halides is 1. The molecule has 0 atom stereocenters. The zero-order valence-corrected chi connectivity index (χ0v) is 9.16. The second-order valence-corrected chi connectivity index (χ2v) is 3.66. The minimum Gasteiger partial charge on any atom is -0.508 e. The number of hydrogen-bond acceptors (Lipinski definition) is 2. The maximum absolute atomic E-state index is 11.2. The van der Waals surface area contributed by atoms with E-state index in [2.05, 4.69) is 5.32 Å². The Morgan fingerprint density at radius 1 is 1.31 bits per heavy atom. The standard InChI is InChI=1S/C12H10ClNO2/c13-7-12(16)14-11-3-1-2-8-6-9(15)4-5-10(8)11/h1-6,15H,7H2,(H,14,16). The fourth-order valence-corrected chi connectivity index (χ4v) is 1.63. The Labute approximate surface area is 97.7 Å². The summed E-state index contributed by atoms with van der Waals surface area (Å²) in [5.74, 6) is -0.121. The minimum atomic E-state index is -0.248. The van der Waals surface area contributed by atoms with Crippen molar-refractivity contribution in [1.82, 2.24) is 0 Å². The molecule has 0 heterocycles. The van der Waals surface area contributed by atoms with Crippen LogP contribution in [0, 0.1) is 0 Å². The van der Waals surface area contributed by atoms with Crippen molar-refractivity contribution in [3.05, 3.63) is 36.4 Å². The SMILES string of the molecule is O=C(CCl)Nc1cccc2cc(O)ccc12. The van der Waals surface area contributed by atoms with E-state index in [1.807, 2.05) is 12.1 Å². The predicted molar refractivity (Wildman–Crippen MR) is 65.0 cm³/mol. The molecule has 0 aromatic heterocycles. The third-order valence-electron chi connectivity index (χ3n) is 2.26. The van der Waals surface area contributed by atoms with E-state index in [4.69, 9.17) is 11.6 Å². The molecule has 3 nitrogen and oxygen atoms in total. The Hall–Kier alpha value is -1.74. The smallest absolute Gasteiger partial charge is 0.239 e. The first kappa shape index (κ1) is 10.8. The van der Waals surface area contributed by atoms with Crippen LogP contribution < -0.4 is 5.32 Å². The third kappa shape index (κ3) is 2.09. The second-order valence-electron chi connectivity index (χ2n) is 3.39. The number of anilines is 1. The molecule has 16 heavy (non-hydrogen) atoms. The van der Waals surface area contributed by atoms with Gasteiger partial charge < -0.3 is 10.4 Å². The lowest BCUT2D eigenvalue weighted by molar-refractivity contribution is -0.113. The minimum absolute atomic E-state index is 0.0749. The molecule has 82 valence electrons. The van der Waals surface area contributed by atoms with Crippen LogP contribution in [0.5, 0.6) is 5.75 Å². The molecule has 0 saturated heterocycles. The number of amides is 1. The Morgan fingerprint density at radius 2 is 2.12 bits per heavy atom. The Balaban J connectivity index is 2.49. The van der Waals surface area contributed by atoms with Gasteiger partial charge in [0.05, 0.1) is 0 Å². The van der Waals surface area contributed by atoms with Crippen LogP contribution in [-0.4, -0.2) is 16.9 Å². The first-order valence-electron chi connectivity index (χ1n) is 4.78. The van der Waals surface area contributed by atoms with E-state index in [0.29, 0.717) is 5.69 Å². The van der Waals surface area contributed by atoms with Crippen molar-refractivity contribution < 1.29 is 9.90 Å². The molecule has 2 aromatic rings. The van der Waals surface area contributed by atoms with Crippen LogP contribution in [0.2, 0.25) is 0 Å². The average molecular weight is 236 g/mol. The zero-order chi connectivity index (χ0) is 11.5. The molecular weight excluding hydrogens is 226 g/mol. The largest absolute Gasteiger partial charge is 0.508 e. The predicted octanol–water partition coefficient (Wildman–Crippen LogP) is 2.72. The quantitative estimate of drug-likeness (QED) is 0.787. The monoisotopic (exact) mass is 235 g/mol. The van der Waals surface area contributed by atoms with E-state index >= 15 is 0 Å². The van der Waals surface area contributed by atoms with Crippen molar-refractivity contribution in [2.45, 2.75) is 0 Å². The van der Waals surface area contributed by atoms with Crippen molar-refractivity contribution in [2.24, 2.45) is 0 Å². The van der Waals surface area contributed by atoms with Crippen molar-refractivity contribution in [3.8, 4) is 5.75 Å². The molecule has 0 fully saturated rings. The summed E-state index contributed by atoms with van der Waals surface area (Å²) in [5, 5.41) is 13.8. The fourth-order valence-electron chi connectivity index (χ4n) is 1.56.